The zero-order valence-corrected chi connectivity index (χ0v) is 15.9. The molecule has 21 heavy (non-hydrogen) atoms. The third kappa shape index (κ3) is 4.72. The largest absolute Gasteiger partial charge is 0.347 e. The maximum atomic E-state index is 12.1. The number of hydrogen-bond acceptors (Lipinski definition) is 2. The minimum absolute atomic E-state index is 0. The molecule has 0 aliphatic carbocycles. The van der Waals surface area contributed by atoms with Crippen LogP contribution in [-0.4, -0.2) is 61.4 Å². The third-order valence-electron chi connectivity index (χ3n) is 4.78. The van der Waals surface area contributed by atoms with E-state index < -0.39 is 0 Å². The topological polar surface area (TPSA) is 47.9 Å². The summed E-state index contributed by atoms with van der Waals surface area (Å²) in [6.07, 6.45) is 4.67. The van der Waals surface area contributed by atoms with Crippen molar-refractivity contribution >= 4 is 35.8 Å². The Labute approximate surface area is 145 Å². The molecule has 2 saturated heterocycles. The van der Waals surface area contributed by atoms with Gasteiger partial charge in [-0.2, -0.15) is 0 Å². The van der Waals surface area contributed by atoms with Gasteiger partial charge in [-0.1, -0.05) is 13.8 Å². The van der Waals surface area contributed by atoms with Crippen LogP contribution >= 0.6 is 24.0 Å². The van der Waals surface area contributed by atoms with Crippen molar-refractivity contribution < 1.29 is 4.79 Å². The number of nitrogens with zero attached hydrogens (tertiary/aromatic N) is 3. The first kappa shape index (κ1) is 18.5. The van der Waals surface area contributed by atoms with E-state index in [1.165, 1.54) is 12.8 Å². The maximum Gasteiger partial charge on any atom is 0.241 e. The molecule has 2 fully saturated rings. The van der Waals surface area contributed by atoms with Gasteiger partial charge >= 0.3 is 0 Å². The lowest BCUT2D eigenvalue weighted by Gasteiger charge is -2.26. The summed E-state index contributed by atoms with van der Waals surface area (Å²) in [7, 11) is 1.80. The van der Waals surface area contributed by atoms with Gasteiger partial charge < -0.3 is 15.1 Å². The first-order chi connectivity index (χ1) is 9.58. The van der Waals surface area contributed by atoms with Crippen molar-refractivity contribution in [1.29, 1.82) is 0 Å². The first-order valence-corrected chi connectivity index (χ1v) is 7.81. The van der Waals surface area contributed by atoms with Gasteiger partial charge in [0.2, 0.25) is 5.91 Å². The monoisotopic (exact) mass is 408 g/mol. The van der Waals surface area contributed by atoms with E-state index in [9.17, 15) is 4.79 Å². The first-order valence-electron chi connectivity index (χ1n) is 7.81. The molecule has 5 nitrogen and oxygen atoms in total. The van der Waals surface area contributed by atoms with E-state index in [2.05, 4.69) is 29.1 Å². The van der Waals surface area contributed by atoms with Crippen molar-refractivity contribution in [1.82, 2.24) is 15.1 Å². The molecule has 1 atom stereocenters. The number of hydrogen-bond donors (Lipinski definition) is 1. The van der Waals surface area contributed by atoms with Crippen LogP contribution in [0.5, 0.6) is 0 Å². The van der Waals surface area contributed by atoms with Crippen molar-refractivity contribution in [2.24, 2.45) is 10.4 Å². The Kier molecular flexibility index (Phi) is 7.23. The standard InChI is InChI=1S/C15H28N4O.HI/c1-4-15(2)7-10-19(12-15)14(16-3)17-11-13(20)18-8-5-6-9-18;/h4-12H2,1-3H3,(H,16,17);1H. The molecule has 0 spiro atoms. The molecule has 1 unspecified atom stereocenters. The molecule has 2 aliphatic heterocycles. The normalized spacial score (nSPS) is 26.0. The molecule has 2 rings (SSSR count). The maximum absolute atomic E-state index is 12.1. The Balaban J connectivity index is 0.00000220. The van der Waals surface area contributed by atoms with Crippen molar-refractivity contribution in [3.8, 4) is 0 Å². The van der Waals surface area contributed by atoms with Crippen LogP contribution in [0.4, 0.5) is 0 Å². The fraction of sp³-hybridized carbons (Fsp3) is 0.867. The van der Waals surface area contributed by atoms with Crippen molar-refractivity contribution in [3.63, 3.8) is 0 Å². The number of amides is 1. The number of halogens is 1. The summed E-state index contributed by atoms with van der Waals surface area (Å²) in [5.41, 5.74) is 0.385. The van der Waals surface area contributed by atoms with Gasteiger partial charge in [0.1, 0.15) is 0 Å². The van der Waals surface area contributed by atoms with Gasteiger partial charge in [-0.05, 0) is 31.1 Å². The number of likely N-dealkylation sites (tertiary alicyclic amines) is 2. The molecule has 2 aliphatic rings. The minimum atomic E-state index is 0. The van der Waals surface area contributed by atoms with Gasteiger partial charge in [0.15, 0.2) is 5.96 Å². The fourth-order valence-corrected chi connectivity index (χ4v) is 3.06. The van der Waals surface area contributed by atoms with Gasteiger partial charge in [-0.3, -0.25) is 9.79 Å². The second kappa shape index (κ2) is 8.19. The zero-order chi connectivity index (χ0) is 14.6. The smallest absolute Gasteiger partial charge is 0.241 e. The lowest BCUT2D eigenvalue weighted by molar-refractivity contribution is -0.128. The molecule has 6 heteroatoms. The number of carbonyl (C=O) groups excluding carboxylic acids is 1. The van der Waals surface area contributed by atoms with Crippen molar-refractivity contribution in [2.75, 3.05) is 39.8 Å². The molecular formula is C15H29IN4O. The number of aliphatic imine (C=N–C) groups is 1. The molecule has 1 amide bonds. The van der Waals surface area contributed by atoms with Crippen LogP contribution in [-0.2, 0) is 4.79 Å². The van der Waals surface area contributed by atoms with E-state index in [0.717, 1.165) is 45.0 Å². The molecule has 0 saturated carbocycles. The highest BCUT2D eigenvalue weighted by Crippen LogP contribution is 2.32. The third-order valence-corrected chi connectivity index (χ3v) is 4.78. The number of guanidine groups is 1. The van der Waals surface area contributed by atoms with Crippen molar-refractivity contribution in [3.05, 3.63) is 0 Å². The highest BCUT2D eigenvalue weighted by molar-refractivity contribution is 14.0. The lowest BCUT2D eigenvalue weighted by atomic mass is 9.87. The highest BCUT2D eigenvalue weighted by Gasteiger charge is 2.33. The van der Waals surface area contributed by atoms with Crippen LogP contribution in [0.25, 0.3) is 0 Å². The predicted molar refractivity (Wildman–Crippen MR) is 97.2 cm³/mol. The molecule has 122 valence electrons. The average molecular weight is 408 g/mol. The van der Waals surface area contributed by atoms with Crippen LogP contribution < -0.4 is 5.32 Å². The second-order valence-corrected chi connectivity index (χ2v) is 6.32. The Morgan fingerprint density at radius 2 is 1.90 bits per heavy atom. The van der Waals surface area contributed by atoms with Crippen molar-refractivity contribution in [2.45, 2.75) is 39.5 Å². The fourth-order valence-electron chi connectivity index (χ4n) is 3.06. The number of rotatable bonds is 3. The summed E-state index contributed by atoms with van der Waals surface area (Å²) in [6.45, 7) is 8.83. The van der Waals surface area contributed by atoms with Gasteiger partial charge in [0, 0.05) is 33.2 Å². The molecule has 0 aromatic carbocycles. The van der Waals surface area contributed by atoms with E-state index in [1.54, 1.807) is 7.05 Å². The molecule has 0 radical (unpaired) electrons. The molecule has 2 heterocycles. The quantitative estimate of drug-likeness (QED) is 0.441. The summed E-state index contributed by atoms with van der Waals surface area (Å²) in [5.74, 6) is 1.07. The molecule has 0 bridgehead atoms. The summed E-state index contributed by atoms with van der Waals surface area (Å²) in [5, 5.41) is 3.23. The predicted octanol–water partition coefficient (Wildman–Crippen LogP) is 1.92. The van der Waals surface area contributed by atoms with E-state index in [1.807, 2.05) is 4.90 Å². The van der Waals surface area contributed by atoms with Crippen LogP contribution in [0.1, 0.15) is 39.5 Å². The SMILES string of the molecule is CCC1(C)CCN(C(=NC)NCC(=O)N2CCCC2)C1.I. The van der Waals surface area contributed by atoms with Gasteiger partial charge in [-0.15, -0.1) is 24.0 Å². The average Bonchev–Trinajstić information content (AvgIpc) is 3.10. The Morgan fingerprint density at radius 3 is 2.43 bits per heavy atom. The van der Waals surface area contributed by atoms with Gasteiger partial charge in [0.05, 0.1) is 6.54 Å². The molecule has 1 N–H and O–H groups in total. The van der Waals surface area contributed by atoms with Gasteiger partial charge in [-0.25, -0.2) is 0 Å². The second-order valence-electron chi connectivity index (χ2n) is 6.32. The number of nitrogens with one attached hydrogen (secondary N) is 1. The van der Waals surface area contributed by atoms with E-state index in [4.69, 9.17) is 0 Å². The molecule has 0 aromatic rings. The Morgan fingerprint density at radius 1 is 1.24 bits per heavy atom. The van der Waals surface area contributed by atoms with Gasteiger partial charge in [0.25, 0.3) is 0 Å². The van der Waals surface area contributed by atoms with Crippen LogP contribution in [0, 0.1) is 5.41 Å². The molecular weight excluding hydrogens is 379 g/mol. The van der Waals surface area contributed by atoms with E-state index in [0.29, 0.717) is 12.0 Å². The minimum Gasteiger partial charge on any atom is -0.347 e. The number of carbonyl (C=O) groups is 1. The zero-order valence-electron chi connectivity index (χ0n) is 13.5. The lowest BCUT2D eigenvalue weighted by Crippen LogP contribution is -2.45. The van der Waals surface area contributed by atoms with Crippen LogP contribution in [0.2, 0.25) is 0 Å². The summed E-state index contributed by atoms with van der Waals surface area (Å²) >= 11 is 0. The highest BCUT2D eigenvalue weighted by atomic mass is 127. The van der Waals surface area contributed by atoms with E-state index in [-0.39, 0.29) is 29.9 Å². The Hall–Kier alpha value is -0.530. The summed E-state index contributed by atoms with van der Waals surface area (Å²) in [6, 6.07) is 0. The Bertz CT molecular complexity index is 382. The molecule has 0 aromatic heterocycles. The summed E-state index contributed by atoms with van der Waals surface area (Å²) < 4.78 is 0. The van der Waals surface area contributed by atoms with E-state index >= 15 is 0 Å². The van der Waals surface area contributed by atoms with Crippen LogP contribution in [0.15, 0.2) is 4.99 Å². The van der Waals surface area contributed by atoms with Crippen LogP contribution in [0.3, 0.4) is 0 Å². The summed E-state index contributed by atoms with van der Waals surface area (Å²) in [4.78, 5) is 20.6.